The van der Waals surface area contributed by atoms with Crippen LogP contribution in [0.5, 0.6) is 0 Å². The van der Waals surface area contributed by atoms with Crippen molar-refractivity contribution in [2.75, 3.05) is 0 Å². The van der Waals surface area contributed by atoms with Gasteiger partial charge in [-0.2, -0.15) is 0 Å². The monoisotopic (exact) mass is 216 g/mol. The van der Waals surface area contributed by atoms with E-state index in [2.05, 4.69) is 6.92 Å². The zero-order chi connectivity index (χ0) is 11.6. The fourth-order valence-electron chi connectivity index (χ4n) is 1.13. The molecule has 0 saturated carbocycles. The molecular weight excluding hydrogens is 200 g/mol. The summed E-state index contributed by atoms with van der Waals surface area (Å²) in [5.74, 6) is -0.333. The van der Waals surface area contributed by atoms with E-state index in [1.165, 1.54) is 12.3 Å². The van der Waals surface area contributed by atoms with Gasteiger partial charge in [0.25, 0.3) is 0 Å². The summed E-state index contributed by atoms with van der Waals surface area (Å²) in [5, 5.41) is 0. The van der Waals surface area contributed by atoms with Crippen molar-refractivity contribution in [1.82, 2.24) is 0 Å². The highest BCUT2D eigenvalue weighted by Gasteiger charge is 1.91. The Balaban J connectivity index is 2.34. The van der Waals surface area contributed by atoms with E-state index >= 15 is 0 Å². The molecule has 84 valence electrons. The Bertz CT molecular complexity index is 364. The molecule has 0 unspecified atom stereocenters. The largest absolute Gasteiger partial charge is 0.431 e. The van der Waals surface area contributed by atoms with Crippen LogP contribution < -0.4 is 0 Å². The van der Waals surface area contributed by atoms with Crippen molar-refractivity contribution >= 4 is 12.0 Å². The summed E-state index contributed by atoms with van der Waals surface area (Å²) < 4.78 is 4.89. The van der Waals surface area contributed by atoms with Gasteiger partial charge in [-0.15, -0.1) is 0 Å². The summed E-state index contributed by atoms with van der Waals surface area (Å²) in [5.41, 5.74) is 1.01. The fourth-order valence-corrected chi connectivity index (χ4v) is 1.13. The van der Waals surface area contributed by atoms with Crippen LogP contribution in [0.1, 0.15) is 25.3 Å². The number of carbonyl (C=O) groups is 1. The molecule has 0 amide bonds. The summed E-state index contributed by atoms with van der Waals surface area (Å²) >= 11 is 0. The van der Waals surface area contributed by atoms with E-state index in [1.807, 2.05) is 36.4 Å². The SMILES string of the molecule is CCCC=CC(=O)OC=Cc1ccccc1. The van der Waals surface area contributed by atoms with Crippen molar-refractivity contribution in [2.24, 2.45) is 0 Å². The van der Waals surface area contributed by atoms with Gasteiger partial charge in [0.15, 0.2) is 0 Å². The number of rotatable bonds is 5. The van der Waals surface area contributed by atoms with Crippen LogP contribution in [0.3, 0.4) is 0 Å². The molecule has 0 aliphatic carbocycles. The maximum Gasteiger partial charge on any atom is 0.335 e. The zero-order valence-electron chi connectivity index (χ0n) is 9.43. The molecule has 0 aliphatic rings. The maximum atomic E-state index is 11.1. The average molecular weight is 216 g/mol. The topological polar surface area (TPSA) is 26.3 Å². The zero-order valence-corrected chi connectivity index (χ0v) is 9.43. The maximum absolute atomic E-state index is 11.1. The molecule has 2 nitrogen and oxygen atoms in total. The Hall–Kier alpha value is -1.83. The van der Waals surface area contributed by atoms with Gasteiger partial charge >= 0.3 is 5.97 Å². The van der Waals surface area contributed by atoms with E-state index in [4.69, 9.17) is 4.74 Å². The third-order valence-corrected chi connectivity index (χ3v) is 1.95. The Morgan fingerprint density at radius 3 is 2.75 bits per heavy atom. The Kier molecular flexibility index (Phi) is 5.71. The highest BCUT2D eigenvalue weighted by molar-refractivity contribution is 5.82. The summed E-state index contributed by atoms with van der Waals surface area (Å²) in [4.78, 5) is 11.1. The van der Waals surface area contributed by atoms with E-state index in [0.717, 1.165) is 18.4 Å². The van der Waals surface area contributed by atoms with Gasteiger partial charge in [-0.05, 0) is 18.1 Å². The third-order valence-electron chi connectivity index (χ3n) is 1.95. The lowest BCUT2D eigenvalue weighted by Gasteiger charge is -1.93. The molecule has 0 N–H and O–H groups in total. The molecule has 0 saturated heterocycles. The Morgan fingerprint density at radius 2 is 2.06 bits per heavy atom. The van der Waals surface area contributed by atoms with Gasteiger partial charge in [0, 0.05) is 6.08 Å². The Morgan fingerprint density at radius 1 is 1.31 bits per heavy atom. The van der Waals surface area contributed by atoms with E-state index in [1.54, 1.807) is 6.08 Å². The Labute approximate surface area is 96.2 Å². The summed E-state index contributed by atoms with van der Waals surface area (Å²) in [6, 6.07) is 9.69. The minimum Gasteiger partial charge on any atom is -0.431 e. The van der Waals surface area contributed by atoms with Crippen molar-refractivity contribution in [3.8, 4) is 0 Å². The smallest absolute Gasteiger partial charge is 0.335 e. The number of benzene rings is 1. The molecule has 0 aliphatic heterocycles. The second-order valence-corrected chi connectivity index (χ2v) is 3.34. The van der Waals surface area contributed by atoms with Crippen molar-refractivity contribution in [1.29, 1.82) is 0 Å². The average Bonchev–Trinajstić information content (AvgIpc) is 2.31. The molecule has 2 heteroatoms. The molecule has 0 atom stereocenters. The second-order valence-electron chi connectivity index (χ2n) is 3.34. The lowest BCUT2D eigenvalue weighted by Crippen LogP contribution is -1.92. The number of ether oxygens (including phenoxy) is 1. The third kappa shape index (κ3) is 5.15. The van der Waals surface area contributed by atoms with E-state index < -0.39 is 0 Å². The molecule has 0 aromatic heterocycles. The molecule has 0 bridgehead atoms. The minimum absolute atomic E-state index is 0.333. The molecule has 1 aromatic rings. The van der Waals surface area contributed by atoms with Gasteiger partial charge in [-0.25, -0.2) is 4.79 Å². The lowest BCUT2D eigenvalue weighted by molar-refractivity contribution is -0.132. The first-order valence-electron chi connectivity index (χ1n) is 5.41. The van der Waals surface area contributed by atoms with Gasteiger partial charge in [-0.1, -0.05) is 49.8 Å². The summed E-state index contributed by atoms with van der Waals surface area (Å²) in [6.45, 7) is 2.06. The normalized spacial score (nSPS) is 11.1. The first-order valence-corrected chi connectivity index (χ1v) is 5.41. The van der Waals surface area contributed by atoms with Crippen LogP contribution in [0, 0.1) is 0 Å². The predicted octanol–water partition coefficient (Wildman–Crippen LogP) is 3.56. The number of allylic oxidation sites excluding steroid dienone is 1. The van der Waals surface area contributed by atoms with E-state index in [-0.39, 0.29) is 5.97 Å². The van der Waals surface area contributed by atoms with E-state index in [9.17, 15) is 4.79 Å². The van der Waals surface area contributed by atoms with Crippen LogP contribution in [-0.4, -0.2) is 5.97 Å². The first kappa shape index (κ1) is 12.2. The van der Waals surface area contributed by atoms with Crippen molar-refractivity contribution in [3.63, 3.8) is 0 Å². The van der Waals surface area contributed by atoms with E-state index in [0.29, 0.717) is 0 Å². The summed E-state index contributed by atoms with van der Waals surface area (Å²) in [7, 11) is 0. The quantitative estimate of drug-likeness (QED) is 0.427. The predicted molar refractivity (Wildman–Crippen MR) is 65.6 cm³/mol. The molecule has 0 fully saturated rings. The lowest BCUT2D eigenvalue weighted by atomic mass is 10.2. The second kappa shape index (κ2) is 7.46. The van der Waals surface area contributed by atoms with Crippen molar-refractivity contribution < 1.29 is 9.53 Å². The van der Waals surface area contributed by atoms with Crippen LogP contribution in [-0.2, 0) is 9.53 Å². The standard InChI is InChI=1S/C14H16O2/c1-2-3-5-10-14(15)16-12-11-13-8-6-4-7-9-13/h4-12H,2-3H2,1H3. The van der Waals surface area contributed by atoms with Crippen molar-refractivity contribution in [2.45, 2.75) is 19.8 Å². The molecule has 0 spiro atoms. The fraction of sp³-hybridized carbons (Fsp3) is 0.214. The minimum atomic E-state index is -0.333. The molecule has 1 aromatic carbocycles. The van der Waals surface area contributed by atoms with Crippen LogP contribution >= 0.6 is 0 Å². The van der Waals surface area contributed by atoms with Crippen molar-refractivity contribution in [3.05, 3.63) is 54.3 Å². The summed E-state index contributed by atoms with van der Waals surface area (Å²) in [6.07, 6.45) is 8.37. The molecule has 0 heterocycles. The number of hydrogen-bond acceptors (Lipinski definition) is 2. The molecule has 0 radical (unpaired) electrons. The van der Waals surface area contributed by atoms with Gasteiger partial charge in [0.1, 0.15) is 0 Å². The molecule has 16 heavy (non-hydrogen) atoms. The number of unbranched alkanes of at least 4 members (excludes halogenated alkanes) is 1. The van der Waals surface area contributed by atoms with Crippen LogP contribution in [0.25, 0.3) is 6.08 Å². The van der Waals surface area contributed by atoms with Crippen LogP contribution in [0.4, 0.5) is 0 Å². The van der Waals surface area contributed by atoms with Gasteiger partial charge < -0.3 is 4.74 Å². The van der Waals surface area contributed by atoms with Gasteiger partial charge in [-0.3, -0.25) is 0 Å². The van der Waals surface area contributed by atoms with Gasteiger partial charge in [0.05, 0.1) is 6.26 Å². The number of hydrogen-bond donors (Lipinski definition) is 0. The number of esters is 1. The van der Waals surface area contributed by atoms with Crippen LogP contribution in [0.2, 0.25) is 0 Å². The van der Waals surface area contributed by atoms with Gasteiger partial charge in [0.2, 0.25) is 0 Å². The molecule has 1 rings (SSSR count). The first-order chi connectivity index (χ1) is 7.83. The number of carbonyl (C=O) groups excluding carboxylic acids is 1. The van der Waals surface area contributed by atoms with Crippen LogP contribution in [0.15, 0.2) is 48.7 Å². The highest BCUT2D eigenvalue weighted by Crippen LogP contribution is 2.01. The highest BCUT2D eigenvalue weighted by atomic mass is 16.5. The molecular formula is C14H16O2.